The van der Waals surface area contributed by atoms with E-state index in [1.165, 1.54) is 6.07 Å². The van der Waals surface area contributed by atoms with E-state index in [0.717, 1.165) is 30.2 Å². The predicted molar refractivity (Wildman–Crippen MR) is 116 cm³/mol. The molecule has 3 aromatic rings. The molecule has 1 amide bonds. The van der Waals surface area contributed by atoms with Crippen LogP contribution in [0.5, 0.6) is 11.5 Å². The second-order valence-corrected chi connectivity index (χ2v) is 8.77. The molecule has 33 heavy (non-hydrogen) atoms. The Kier molecular flexibility index (Phi) is 5.77. The summed E-state index contributed by atoms with van der Waals surface area (Å²) in [5.74, 6) is -0.00785. The number of rotatable bonds is 4. The topological polar surface area (TPSA) is 64.6 Å². The SMILES string of the molecule is O=C(CSc1nc(C(F)(F)F)nc2ccccc12)N1CCC[C@@H]1c1ccc2c(c1)OCCO2. The van der Waals surface area contributed by atoms with Gasteiger partial charge in [0.05, 0.1) is 17.3 Å². The molecule has 2 aromatic carbocycles. The van der Waals surface area contributed by atoms with Crippen molar-refractivity contribution in [2.24, 2.45) is 0 Å². The molecule has 2 aliphatic rings. The highest BCUT2D eigenvalue weighted by atomic mass is 32.2. The molecular weight excluding hydrogens is 455 g/mol. The molecule has 0 spiro atoms. The highest BCUT2D eigenvalue weighted by Crippen LogP contribution is 2.39. The number of ether oxygens (including phenoxy) is 2. The van der Waals surface area contributed by atoms with Crippen LogP contribution in [0.4, 0.5) is 13.2 Å². The van der Waals surface area contributed by atoms with E-state index in [-0.39, 0.29) is 28.2 Å². The Morgan fingerprint density at radius 2 is 1.88 bits per heavy atom. The first-order valence-electron chi connectivity index (χ1n) is 10.6. The summed E-state index contributed by atoms with van der Waals surface area (Å²) in [5.41, 5.74) is 1.16. The van der Waals surface area contributed by atoms with Crippen LogP contribution in [-0.4, -0.2) is 46.3 Å². The molecule has 0 radical (unpaired) electrons. The molecule has 0 bridgehead atoms. The molecule has 1 atom stereocenters. The molecule has 0 unspecified atom stereocenters. The van der Waals surface area contributed by atoms with Crippen LogP contribution in [0.25, 0.3) is 10.9 Å². The maximum atomic E-state index is 13.3. The van der Waals surface area contributed by atoms with Crippen LogP contribution >= 0.6 is 11.8 Å². The Bertz CT molecular complexity index is 1200. The van der Waals surface area contributed by atoms with Gasteiger partial charge in [0.2, 0.25) is 11.7 Å². The Labute approximate surface area is 192 Å². The fourth-order valence-electron chi connectivity index (χ4n) is 4.18. The zero-order chi connectivity index (χ0) is 23.0. The zero-order valence-electron chi connectivity index (χ0n) is 17.5. The summed E-state index contributed by atoms with van der Waals surface area (Å²) in [7, 11) is 0. The molecule has 6 nitrogen and oxygen atoms in total. The average Bonchev–Trinajstić information content (AvgIpc) is 3.31. The van der Waals surface area contributed by atoms with Crippen molar-refractivity contribution in [1.82, 2.24) is 14.9 Å². The van der Waals surface area contributed by atoms with Crippen molar-refractivity contribution in [3.63, 3.8) is 0 Å². The molecule has 0 N–H and O–H groups in total. The van der Waals surface area contributed by atoms with Crippen molar-refractivity contribution in [3.05, 3.63) is 53.9 Å². The van der Waals surface area contributed by atoms with E-state index in [1.54, 1.807) is 23.1 Å². The minimum atomic E-state index is -4.67. The summed E-state index contributed by atoms with van der Waals surface area (Å²) >= 11 is 1.01. The van der Waals surface area contributed by atoms with Gasteiger partial charge in [-0.05, 0) is 36.6 Å². The first-order chi connectivity index (χ1) is 15.9. The Balaban J connectivity index is 1.35. The van der Waals surface area contributed by atoms with E-state index < -0.39 is 12.0 Å². The molecule has 1 aromatic heterocycles. The van der Waals surface area contributed by atoms with Gasteiger partial charge in [-0.15, -0.1) is 0 Å². The van der Waals surface area contributed by atoms with Crippen LogP contribution in [0.2, 0.25) is 0 Å². The second kappa shape index (κ2) is 8.74. The van der Waals surface area contributed by atoms with Crippen LogP contribution in [0, 0.1) is 0 Å². The number of likely N-dealkylation sites (tertiary alicyclic amines) is 1. The summed E-state index contributed by atoms with van der Waals surface area (Å²) in [5, 5.41) is 0.643. The lowest BCUT2D eigenvalue weighted by Gasteiger charge is -2.26. The van der Waals surface area contributed by atoms with Crippen molar-refractivity contribution >= 4 is 28.6 Å². The number of thioether (sulfide) groups is 1. The van der Waals surface area contributed by atoms with Gasteiger partial charge in [0.25, 0.3) is 0 Å². The minimum absolute atomic E-state index is 0.0145. The number of nitrogens with zero attached hydrogens (tertiary/aromatic N) is 3. The average molecular weight is 475 g/mol. The first-order valence-corrected chi connectivity index (χ1v) is 11.5. The number of halogens is 3. The number of carbonyl (C=O) groups is 1. The number of para-hydroxylation sites is 1. The maximum absolute atomic E-state index is 13.3. The highest BCUT2D eigenvalue weighted by molar-refractivity contribution is 8.00. The predicted octanol–water partition coefficient (Wildman–Crippen LogP) is 4.88. The van der Waals surface area contributed by atoms with Gasteiger partial charge in [-0.1, -0.05) is 36.0 Å². The Morgan fingerprint density at radius 3 is 2.70 bits per heavy atom. The van der Waals surface area contributed by atoms with Crippen LogP contribution in [0.15, 0.2) is 47.5 Å². The number of hydrogen-bond donors (Lipinski definition) is 0. The third-order valence-corrected chi connectivity index (χ3v) is 6.65. The van der Waals surface area contributed by atoms with E-state index in [9.17, 15) is 18.0 Å². The van der Waals surface area contributed by atoms with Crippen molar-refractivity contribution in [1.29, 1.82) is 0 Å². The quantitative estimate of drug-likeness (QED) is 0.396. The molecular formula is C23H20F3N3O3S. The van der Waals surface area contributed by atoms with Gasteiger partial charge in [-0.2, -0.15) is 13.2 Å². The van der Waals surface area contributed by atoms with Gasteiger partial charge in [0, 0.05) is 11.9 Å². The number of fused-ring (bicyclic) bond motifs is 2. The zero-order valence-corrected chi connectivity index (χ0v) is 18.3. The van der Waals surface area contributed by atoms with Crippen molar-refractivity contribution in [3.8, 4) is 11.5 Å². The fraction of sp³-hybridized carbons (Fsp3) is 0.348. The molecule has 1 fully saturated rings. The van der Waals surface area contributed by atoms with Crippen molar-refractivity contribution in [2.45, 2.75) is 30.1 Å². The number of hydrogen-bond acceptors (Lipinski definition) is 6. The summed E-state index contributed by atoms with van der Waals surface area (Å²) in [6.07, 6.45) is -3.00. The molecule has 172 valence electrons. The van der Waals surface area contributed by atoms with E-state index >= 15 is 0 Å². The molecule has 0 saturated carbocycles. The van der Waals surface area contributed by atoms with Crippen LogP contribution in [0.3, 0.4) is 0 Å². The first kappa shape index (κ1) is 21.8. The standard InChI is InChI=1S/C23H20F3N3O3S/c24-23(25,26)22-27-16-5-2-1-4-15(16)21(28-22)33-13-20(30)29-9-3-6-17(29)14-7-8-18-19(12-14)32-11-10-31-18/h1-2,4-5,7-8,12,17H,3,6,9-11,13H2/t17-/m1/s1. The number of alkyl halides is 3. The summed E-state index contributed by atoms with van der Waals surface area (Å²) in [6.45, 7) is 1.58. The van der Waals surface area contributed by atoms with Gasteiger partial charge >= 0.3 is 6.18 Å². The minimum Gasteiger partial charge on any atom is -0.486 e. The van der Waals surface area contributed by atoms with Gasteiger partial charge < -0.3 is 14.4 Å². The van der Waals surface area contributed by atoms with Gasteiger partial charge in [-0.25, -0.2) is 9.97 Å². The number of carbonyl (C=O) groups excluding carboxylic acids is 1. The van der Waals surface area contributed by atoms with Crippen molar-refractivity contribution < 1.29 is 27.4 Å². The summed E-state index contributed by atoms with van der Waals surface area (Å²) in [6, 6.07) is 12.1. The highest BCUT2D eigenvalue weighted by Gasteiger charge is 2.36. The van der Waals surface area contributed by atoms with E-state index in [4.69, 9.17) is 9.47 Å². The number of amides is 1. The van der Waals surface area contributed by atoms with Gasteiger partial charge in [0.15, 0.2) is 11.5 Å². The molecule has 10 heteroatoms. The normalized spacial score (nSPS) is 18.0. The van der Waals surface area contributed by atoms with Crippen LogP contribution in [0.1, 0.15) is 30.3 Å². The van der Waals surface area contributed by atoms with Gasteiger partial charge in [0.1, 0.15) is 18.2 Å². The van der Waals surface area contributed by atoms with E-state index in [2.05, 4.69) is 9.97 Å². The molecule has 0 aliphatic carbocycles. The summed E-state index contributed by atoms with van der Waals surface area (Å²) < 4.78 is 51.0. The second-order valence-electron chi connectivity index (χ2n) is 7.80. The smallest absolute Gasteiger partial charge is 0.451 e. The van der Waals surface area contributed by atoms with Crippen LogP contribution in [-0.2, 0) is 11.0 Å². The maximum Gasteiger partial charge on any atom is 0.451 e. The number of benzene rings is 2. The van der Waals surface area contributed by atoms with Crippen LogP contribution < -0.4 is 9.47 Å². The Morgan fingerprint density at radius 1 is 1.09 bits per heavy atom. The molecule has 2 aliphatic heterocycles. The lowest BCUT2D eigenvalue weighted by molar-refractivity contribution is -0.145. The Hall–Kier alpha value is -3.01. The van der Waals surface area contributed by atoms with E-state index in [0.29, 0.717) is 36.6 Å². The van der Waals surface area contributed by atoms with E-state index in [1.807, 2.05) is 18.2 Å². The van der Waals surface area contributed by atoms with Gasteiger partial charge in [-0.3, -0.25) is 4.79 Å². The summed E-state index contributed by atoms with van der Waals surface area (Å²) in [4.78, 5) is 22.2. The number of aromatic nitrogens is 2. The molecule has 1 saturated heterocycles. The largest absolute Gasteiger partial charge is 0.486 e. The monoisotopic (exact) mass is 475 g/mol. The lowest BCUT2D eigenvalue weighted by atomic mass is 10.0. The molecule has 5 rings (SSSR count). The third kappa shape index (κ3) is 4.44. The molecule has 3 heterocycles. The third-order valence-electron chi connectivity index (χ3n) is 5.68. The van der Waals surface area contributed by atoms with Crippen molar-refractivity contribution in [2.75, 3.05) is 25.5 Å². The fourth-order valence-corrected chi connectivity index (χ4v) is 5.08. The lowest BCUT2D eigenvalue weighted by Crippen LogP contribution is -2.32.